The first kappa shape index (κ1) is 16.9. The van der Waals surface area contributed by atoms with Crippen LogP contribution in [0.2, 0.25) is 5.02 Å². The number of hydrogen-bond acceptors (Lipinski definition) is 4. The molecule has 0 aliphatic rings. The van der Waals surface area contributed by atoms with Gasteiger partial charge in [-0.1, -0.05) is 31.5 Å². The molecule has 0 saturated carbocycles. The number of carbonyl (C=O) groups is 2. The van der Waals surface area contributed by atoms with E-state index < -0.39 is 28.4 Å². The molecule has 1 aromatic rings. The minimum Gasteiger partial charge on any atom is -0.481 e. The van der Waals surface area contributed by atoms with Gasteiger partial charge in [0.05, 0.1) is 15.9 Å². The van der Waals surface area contributed by atoms with Gasteiger partial charge in [-0.25, -0.2) is 0 Å². The number of aliphatic carboxylic acids is 1. The molecule has 0 bridgehead atoms. The number of benzene rings is 1. The lowest BCUT2D eigenvalue weighted by Crippen LogP contribution is -2.35. The van der Waals surface area contributed by atoms with E-state index >= 15 is 0 Å². The van der Waals surface area contributed by atoms with Gasteiger partial charge in [-0.2, -0.15) is 0 Å². The molecule has 1 aromatic carbocycles. The third-order valence-corrected chi connectivity index (χ3v) is 3.33. The summed E-state index contributed by atoms with van der Waals surface area (Å²) >= 11 is 5.83. The van der Waals surface area contributed by atoms with E-state index in [1.165, 1.54) is 12.1 Å². The van der Waals surface area contributed by atoms with Gasteiger partial charge < -0.3 is 10.4 Å². The minimum absolute atomic E-state index is 0.0573. The van der Waals surface area contributed by atoms with Crippen molar-refractivity contribution in [2.24, 2.45) is 11.8 Å². The fourth-order valence-electron chi connectivity index (χ4n) is 1.79. The fraction of sp³-hybridized carbons (Fsp3) is 0.385. The Balaban J connectivity index is 2.95. The minimum atomic E-state index is -1.04. The zero-order valence-electron chi connectivity index (χ0n) is 11.5. The van der Waals surface area contributed by atoms with Crippen LogP contribution in [0.4, 0.5) is 5.69 Å². The van der Waals surface area contributed by atoms with Crippen LogP contribution in [0.15, 0.2) is 18.2 Å². The quantitative estimate of drug-likeness (QED) is 0.618. The molecular formula is C13H15ClN2O5. The number of nitrogens with zero attached hydrogens (tertiary/aromatic N) is 1. The Hall–Kier alpha value is -2.15. The Morgan fingerprint density at radius 3 is 2.52 bits per heavy atom. The van der Waals surface area contributed by atoms with E-state index in [1.54, 1.807) is 13.8 Å². The van der Waals surface area contributed by atoms with E-state index in [0.717, 1.165) is 6.07 Å². The summed E-state index contributed by atoms with van der Waals surface area (Å²) in [5.41, 5.74) is -0.687. The summed E-state index contributed by atoms with van der Waals surface area (Å²) in [6, 6.07) is 3.89. The van der Waals surface area contributed by atoms with Crippen LogP contribution in [0.5, 0.6) is 0 Å². The van der Waals surface area contributed by atoms with Crippen molar-refractivity contribution < 1.29 is 19.6 Å². The van der Waals surface area contributed by atoms with Crippen LogP contribution in [-0.2, 0) is 4.79 Å². The van der Waals surface area contributed by atoms with E-state index in [-0.39, 0.29) is 23.0 Å². The molecular weight excluding hydrogens is 300 g/mol. The molecule has 1 unspecified atom stereocenters. The molecule has 0 fully saturated rings. The van der Waals surface area contributed by atoms with Gasteiger partial charge in [0.15, 0.2) is 0 Å². The Labute approximate surface area is 126 Å². The summed E-state index contributed by atoms with van der Waals surface area (Å²) in [6.45, 7) is 3.29. The zero-order valence-corrected chi connectivity index (χ0v) is 12.3. The van der Waals surface area contributed by atoms with Crippen molar-refractivity contribution in [1.82, 2.24) is 5.32 Å². The molecule has 1 amide bonds. The second-order valence-electron chi connectivity index (χ2n) is 4.79. The van der Waals surface area contributed by atoms with Crippen molar-refractivity contribution in [1.29, 1.82) is 0 Å². The van der Waals surface area contributed by atoms with Gasteiger partial charge in [-0.15, -0.1) is 0 Å². The van der Waals surface area contributed by atoms with Gasteiger partial charge in [-0.05, 0) is 12.0 Å². The van der Waals surface area contributed by atoms with Gasteiger partial charge >= 0.3 is 5.97 Å². The molecule has 2 N–H and O–H groups in total. The number of nitro benzene ring substituents is 1. The van der Waals surface area contributed by atoms with Crippen LogP contribution in [-0.4, -0.2) is 28.5 Å². The van der Waals surface area contributed by atoms with E-state index in [2.05, 4.69) is 5.32 Å². The number of nitrogens with one attached hydrogen (secondary N) is 1. The van der Waals surface area contributed by atoms with Crippen molar-refractivity contribution >= 4 is 29.2 Å². The number of rotatable bonds is 6. The van der Waals surface area contributed by atoms with Crippen LogP contribution < -0.4 is 5.32 Å². The predicted molar refractivity (Wildman–Crippen MR) is 76.4 cm³/mol. The SMILES string of the molecule is CC(C)C(CNC(=O)c1c(Cl)cccc1[N+](=O)[O-])C(=O)O. The molecule has 0 aliphatic carbocycles. The molecule has 114 valence electrons. The number of amides is 1. The second kappa shape index (κ2) is 7.03. The topological polar surface area (TPSA) is 110 Å². The van der Waals surface area contributed by atoms with Crippen molar-refractivity contribution in [3.05, 3.63) is 38.9 Å². The molecule has 0 saturated heterocycles. The summed E-state index contributed by atoms with van der Waals surface area (Å²) in [5.74, 6) is -2.78. The van der Waals surface area contributed by atoms with Crippen LogP contribution >= 0.6 is 11.6 Å². The van der Waals surface area contributed by atoms with Crippen LogP contribution in [0.25, 0.3) is 0 Å². The lowest BCUT2D eigenvalue weighted by molar-refractivity contribution is -0.385. The zero-order chi connectivity index (χ0) is 16.2. The summed E-state index contributed by atoms with van der Waals surface area (Å²) in [6.07, 6.45) is 0. The second-order valence-corrected chi connectivity index (χ2v) is 5.20. The lowest BCUT2D eigenvalue weighted by Gasteiger charge is -2.16. The molecule has 1 rings (SSSR count). The summed E-state index contributed by atoms with van der Waals surface area (Å²) < 4.78 is 0. The maximum Gasteiger partial charge on any atom is 0.308 e. The number of carboxylic acids is 1. The molecule has 0 radical (unpaired) electrons. The third-order valence-electron chi connectivity index (χ3n) is 3.02. The smallest absolute Gasteiger partial charge is 0.308 e. The maximum atomic E-state index is 12.0. The highest BCUT2D eigenvalue weighted by Crippen LogP contribution is 2.26. The highest BCUT2D eigenvalue weighted by atomic mass is 35.5. The molecule has 1 atom stereocenters. The number of carbonyl (C=O) groups excluding carboxylic acids is 1. The Bertz CT molecular complexity index is 574. The third kappa shape index (κ3) is 4.16. The number of nitro groups is 1. The predicted octanol–water partition coefficient (Wildman–Crippen LogP) is 2.33. The molecule has 0 spiro atoms. The molecule has 8 heteroatoms. The Morgan fingerprint density at radius 1 is 1.43 bits per heavy atom. The summed E-state index contributed by atoms with van der Waals surface area (Å²) in [4.78, 5) is 33.3. The Morgan fingerprint density at radius 2 is 2.05 bits per heavy atom. The highest BCUT2D eigenvalue weighted by molar-refractivity contribution is 6.34. The van der Waals surface area contributed by atoms with Crippen LogP contribution in [0.3, 0.4) is 0 Å². The average Bonchev–Trinajstić information content (AvgIpc) is 2.37. The number of carboxylic acid groups (broad SMARTS) is 1. The fourth-order valence-corrected chi connectivity index (χ4v) is 2.04. The van der Waals surface area contributed by atoms with E-state index in [0.29, 0.717) is 0 Å². The van der Waals surface area contributed by atoms with Gasteiger partial charge in [0.2, 0.25) is 0 Å². The maximum absolute atomic E-state index is 12.0. The van der Waals surface area contributed by atoms with Gasteiger partial charge in [0.25, 0.3) is 11.6 Å². The van der Waals surface area contributed by atoms with Crippen molar-refractivity contribution in [3.63, 3.8) is 0 Å². The molecule has 21 heavy (non-hydrogen) atoms. The molecule has 0 aliphatic heterocycles. The van der Waals surface area contributed by atoms with Crippen molar-refractivity contribution in [3.8, 4) is 0 Å². The van der Waals surface area contributed by atoms with Gasteiger partial charge in [-0.3, -0.25) is 19.7 Å². The van der Waals surface area contributed by atoms with Crippen molar-refractivity contribution in [2.75, 3.05) is 6.54 Å². The van der Waals surface area contributed by atoms with Gasteiger partial charge in [0.1, 0.15) is 5.56 Å². The molecule has 7 nitrogen and oxygen atoms in total. The van der Waals surface area contributed by atoms with Crippen LogP contribution in [0.1, 0.15) is 24.2 Å². The largest absolute Gasteiger partial charge is 0.481 e. The first-order valence-corrected chi connectivity index (χ1v) is 6.57. The first-order valence-electron chi connectivity index (χ1n) is 6.19. The normalized spacial score (nSPS) is 12.0. The number of hydrogen-bond donors (Lipinski definition) is 2. The van der Waals surface area contributed by atoms with Crippen LogP contribution in [0, 0.1) is 22.0 Å². The monoisotopic (exact) mass is 314 g/mol. The summed E-state index contributed by atoms with van der Waals surface area (Å²) in [5, 5.41) is 22.3. The highest BCUT2D eigenvalue weighted by Gasteiger charge is 2.26. The Kier molecular flexibility index (Phi) is 5.66. The van der Waals surface area contributed by atoms with E-state index in [4.69, 9.17) is 16.7 Å². The van der Waals surface area contributed by atoms with Gasteiger partial charge in [0, 0.05) is 12.6 Å². The van der Waals surface area contributed by atoms with Crippen molar-refractivity contribution in [2.45, 2.75) is 13.8 Å². The average molecular weight is 315 g/mol. The lowest BCUT2D eigenvalue weighted by atomic mass is 9.96. The number of halogens is 1. The molecule has 0 heterocycles. The molecule has 0 aromatic heterocycles. The first-order chi connectivity index (χ1) is 9.75. The van der Waals surface area contributed by atoms with E-state index in [9.17, 15) is 19.7 Å². The summed E-state index contributed by atoms with van der Waals surface area (Å²) in [7, 11) is 0. The standard InChI is InChI=1S/C13H15ClN2O5/c1-7(2)8(13(18)19)6-15-12(17)11-9(14)4-3-5-10(11)16(20)21/h3-5,7-8H,6H2,1-2H3,(H,15,17)(H,18,19). The van der Waals surface area contributed by atoms with E-state index in [1.807, 2.05) is 0 Å².